The van der Waals surface area contributed by atoms with Crippen molar-refractivity contribution in [2.45, 2.75) is 65.2 Å². The van der Waals surface area contributed by atoms with E-state index in [-0.39, 0.29) is 29.8 Å². The summed E-state index contributed by atoms with van der Waals surface area (Å²) >= 11 is 6.34. The molecule has 2 atom stereocenters. The molecule has 0 saturated carbocycles. The summed E-state index contributed by atoms with van der Waals surface area (Å²) in [5.41, 5.74) is 4.53. The van der Waals surface area contributed by atoms with E-state index >= 15 is 0 Å². The van der Waals surface area contributed by atoms with Crippen molar-refractivity contribution in [3.63, 3.8) is 0 Å². The quantitative estimate of drug-likeness (QED) is 0.548. The summed E-state index contributed by atoms with van der Waals surface area (Å²) in [6.45, 7) is 11.6. The minimum absolute atomic E-state index is 0.0148. The van der Waals surface area contributed by atoms with Gasteiger partial charge in [-0.1, -0.05) is 49.7 Å². The van der Waals surface area contributed by atoms with Crippen molar-refractivity contribution in [3.05, 3.63) is 52.5 Å². The topological polar surface area (TPSA) is 50.8 Å². The van der Waals surface area contributed by atoms with Gasteiger partial charge in [-0.25, -0.2) is 4.79 Å². The van der Waals surface area contributed by atoms with Gasteiger partial charge in [0.15, 0.2) is 0 Å². The van der Waals surface area contributed by atoms with Gasteiger partial charge >= 0.3 is 6.09 Å². The number of halogens is 1. The largest absolute Gasteiger partial charge is 0.489 e. The van der Waals surface area contributed by atoms with Crippen LogP contribution in [0.25, 0.3) is 11.1 Å². The van der Waals surface area contributed by atoms with Crippen LogP contribution in [-0.4, -0.2) is 42.8 Å². The van der Waals surface area contributed by atoms with Gasteiger partial charge in [0.2, 0.25) is 0 Å². The van der Waals surface area contributed by atoms with Crippen molar-refractivity contribution >= 4 is 17.7 Å². The van der Waals surface area contributed by atoms with Gasteiger partial charge in [0.1, 0.15) is 11.9 Å². The molecule has 0 unspecified atom stereocenters. The van der Waals surface area contributed by atoms with Gasteiger partial charge in [-0.3, -0.25) is 4.90 Å². The first kappa shape index (κ1) is 23.5. The van der Waals surface area contributed by atoms with E-state index in [4.69, 9.17) is 21.1 Å². The van der Waals surface area contributed by atoms with Crippen LogP contribution >= 0.6 is 11.6 Å². The predicted octanol–water partition coefficient (Wildman–Crippen LogP) is 6.24. The van der Waals surface area contributed by atoms with Gasteiger partial charge in [0.25, 0.3) is 0 Å². The standard InChI is InChI=1S/C28H35ClN2O3/c1-17(2)33-24-14-20(6-8-23(24)29)19-5-7-22-21(13-19)15-28(3,4)26(22)30-27(32)34-25-16-31-11-9-18(25)10-12-31/h5-8,13-14,17-18,25-26H,9-12,15-16H2,1-4H3,(H,30,32)/t25-,26+/m1/s1. The van der Waals surface area contributed by atoms with E-state index in [0.29, 0.717) is 16.7 Å². The first-order valence-corrected chi connectivity index (χ1v) is 12.9. The molecule has 1 N–H and O–H groups in total. The van der Waals surface area contributed by atoms with Crippen molar-refractivity contribution in [3.8, 4) is 16.9 Å². The van der Waals surface area contributed by atoms with Gasteiger partial charge in [0, 0.05) is 6.54 Å². The molecule has 3 saturated heterocycles. The summed E-state index contributed by atoms with van der Waals surface area (Å²) in [6.07, 6.45) is 2.94. The smallest absolute Gasteiger partial charge is 0.407 e. The fourth-order valence-electron chi connectivity index (χ4n) is 5.87. The van der Waals surface area contributed by atoms with Crippen LogP contribution in [0.5, 0.6) is 5.75 Å². The highest BCUT2D eigenvalue weighted by Gasteiger charge is 2.42. The first-order chi connectivity index (χ1) is 16.2. The third-order valence-electron chi connectivity index (χ3n) is 7.63. The molecular weight excluding hydrogens is 448 g/mol. The van der Waals surface area contributed by atoms with Gasteiger partial charge in [-0.2, -0.15) is 0 Å². The van der Waals surface area contributed by atoms with Crippen LogP contribution in [0.2, 0.25) is 5.02 Å². The number of alkyl carbamates (subject to hydrolysis) is 1. The number of nitrogens with one attached hydrogen (secondary N) is 1. The Hall–Kier alpha value is -2.24. The highest BCUT2D eigenvalue weighted by atomic mass is 35.5. The molecule has 1 amide bonds. The average Bonchev–Trinajstić information content (AvgIpc) is 3.04. The molecule has 0 aromatic heterocycles. The van der Waals surface area contributed by atoms with Crippen molar-refractivity contribution in [1.29, 1.82) is 0 Å². The van der Waals surface area contributed by atoms with Crippen LogP contribution in [0.4, 0.5) is 4.79 Å². The number of amides is 1. The van der Waals surface area contributed by atoms with Crippen molar-refractivity contribution < 1.29 is 14.3 Å². The molecule has 0 spiro atoms. The summed E-state index contributed by atoms with van der Waals surface area (Å²) in [6, 6.07) is 12.4. The summed E-state index contributed by atoms with van der Waals surface area (Å²) in [4.78, 5) is 15.3. The van der Waals surface area contributed by atoms with Crippen LogP contribution in [0.3, 0.4) is 0 Å². The molecule has 34 heavy (non-hydrogen) atoms. The number of carbonyl (C=O) groups excluding carboxylic acids is 1. The van der Waals surface area contributed by atoms with Crippen molar-refractivity contribution in [2.75, 3.05) is 19.6 Å². The van der Waals surface area contributed by atoms with E-state index in [1.165, 1.54) is 11.1 Å². The molecule has 1 aliphatic carbocycles. The highest BCUT2D eigenvalue weighted by molar-refractivity contribution is 6.32. The zero-order valence-electron chi connectivity index (χ0n) is 20.6. The second kappa shape index (κ2) is 9.09. The molecule has 3 heterocycles. The molecule has 6 rings (SSSR count). The minimum Gasteiger partial charge on any atom is -0.489 e. The maximum absolute atomic E-state index is 12.9. The van der Waals surface area contributed by atoms with E-state index < -0.39 is 0 Å². The summed E-state index contributed by atoms with van der Waals surface area (Å²) in [5.74, 6) is 1.20. The minimum atomic E-state index is -0.290. The Morgan fingerprint density at radius 2 is 1.82 bits per heavy atom. The fraction of sp³-hybridized carbons (Fsp3) is 0.536. The summed E-state index contributed by atoms with van der Waals surface area (Å²) in [5, 5.41) is 3.83. The molecule has 3 fully saturated rings. The van der Waals surface area contributed by atoms with E-state index in [1.807, 2.05) is 32.0 Å². The number of rotatable bonds is 5. The Balaban J connectivity index is 1.33. The molecular formula is C28H35ClN2O3. The Bertz CT molecular complexity index is 1080. The van der Waals surface area contributed by atoms with Gasteiger partial charge in [-0.15, -0.1) is 0 Å². The Kier molecular flexibility index (Phi) is 6.28. The lowest BCUT2D eigenvalue weighted by atomic mass is 9.85. The number of piperidine rings is 3. The molecule has 3 aliphatic heterocycles. The molecule has 2 bridgehead atoms. The Morgan fingerprint density at radius 1 is 1.12 bits per heavy atom. The molecule has 5 nitrogen and oxygen atoms in total. The third-order valence-corrected chi connectivity index (χ3v) is 7.94. The summed E-state index contributed by atoms with van der Waals surface area (Å²) < 4.78 is 11.8. The molecule has 2 aromatic carbocycles. The van der Waals surface area contributed by atoms with Gasteiger partial charge in [-0.05, 0) is 91.9 Å². The number of carbonyl (C=O) groups is 1. The van der Waals surface area contributed by atoms with E-state index in [2.05, 4.69) is 42.3 Å². The van der Waals surface area contributed by atoms with Crippen molar-refractivity contribution in [2.24, 2.45) is 11.3 Å². The average molecular weight is 483 g/mol. The third kappa shape index (κ3) is 4.65. The lowest BCUT2D eigenvalue weighted by Gasteiger charge is -2.44. The molecule has 2 aromatic rings. The van der Waals surface area contributed by atoms with E-state index in [1.54, 1.807) is 0 Å². The molecule has 182 valence electrons. The number of ether oxygens (including phenoxy) is 2. The number of fused-ring (bicyclic) bond motifs is 4. The zero-order valence-corrected chi connectivity index (χ0v) is 21.3. The Morgan fingerprint density at radius 3 is 2.50 bits per heavy atom. The molecule has 0 radical (unpaired) electrons. The maximum Gasteiger partial charge on any atom is 0.407 e. The van der Waals surface area contributed by atoms with Crippen LogP contribution in [0.15, 0.2) is 36.4 Å². The van der Waals surface area contributed by atoms with Crippen LogP contribution in [0.1, 0.15) is 57.7 Å². The fourth-order valence-corrected chi connectivity index (χ4v) is 6.03. The van der Waals surface area contributed by atoms with Gasteiger partial charge < -0.3 is 14.8 Å². The highest BCUT2D eigenvalue weighted by Crippen LogP contribution is 2.46. The lowest BCUT2D eigenvalue weighted by molar-refractivity contribution is -0.0348. The maximum atomic E-state index is 12.9. The molecule has 4 aliphatic rings. The number of benzene rings is 2. The molecule has 6 heteroatoms. The number of hydrogen-bond donors (Lipinski definition) is 1. The van der Waals surface area contributed by atoms with Crippen LogP contribution in [-0.2, 0) is 11.2 Å². The van der Waals surface area contributed by atoms with E-state index in [9.17, 15) is 4.79 Å². The second-order valence-electron chi connectivity index (χ2n) is 11.0. The summed E-state index contributed by atoms with van der Waals surface area (Å²) in [7, 11) is 0. The number of hydrogen-bond acceptors (Lipinski definition) is 4. The zero-order chi connectivity index (χ0) is 24.0. The van der Waals surface area contributed by atoms with E-state index in [0.717, 1.165) is 50.0 Å². The first-order valence-electron chi connectivity index (χ1n) is 12.5. The van der Waals surface area contributed by atoms with Crippen molar-refractivity contribution in [1.82, 2.24) is 10.2 Å². The lowest BCUT2D eigenvalue weighted by Crippen LogP contribution is -2.53. The van der Waals surface area contributed by atoms with Crippen LogP contribution < -0.4 is 10.1 Å². The Labute approximate surface area is 207 Å². The van der Waals surface area contributed by atoms with Gasteiger partial charge in [0.05, 0.1) is 17.2 Å². The second-order valence-corrected chi connectivity index (χ2v) is 11.5. The SMILES string of the molecule is CC(C)Oc1cc(-c2ccc3c(c2)CC(C)(C)[C@H]3NC(=O)O[C@@H]2CN3CCC2CC3)ccc1Cl. The van der Waals surface area contributed by atoms with Crippen LogP contribution in [0, 0.1) is 11.3 Å². The number of nitrogens with zero attached hydrogens (tertiary/aromatic N) is 1. The monoisotopic (exact) mass is 482 g/mol. The normalized spacial score (nSPS) is 26.9. The predicted molar refractivity (Wildman–Crippen MR) is 135 cm³/mol.